The molecular weight excluding hydrogens is 472 g/mol. The van der Waals surface area contributed by atoms with Gasteiger partial charge >= 0.3 is 11.9 Å². The fourth-order valence-corrected chi connectivity index (χ4v) is 4.13. The predicted octanol–water partition coefficient (Wildman–Crippen LogP) is 4.24. The van der Waals surface area contributed by atoms with Crippen LogP contribution < -0.4 is 0 Å². The summed E-state index contributed by atoms with van der Waals surface area (Å²) in [6.45, 7) is 6.05. The van der Waals surface area contributed by atoms with E-state index in [0.717, 1.165) is 50.9 Å². The van der Waals surface area contributed by atoms with Crippen molar-refractivity contribution in [1.82, 2.24) is 9.80 Å². The van der Waals surface area contributed by atoms with E-state index in [-0.39, 0.29) is 17.6 Å². The fourth-order valence-electron chi connectivity index (χ4n) is 3.94. The number of piperidine rings is 1. The molecule has 9 heteroatoms. The number of carboxylic acid groups (broad SMARTS) is 2. The number of hydrogen-bond donors (Lipinski definition) is 3. The second-order valence-electron chi connectivity index (χ2n) is 8.53. The minimum absolute atomic E-state index is 0.0831. The summed E-state index contributed by atoms with van der Waals surface area (Å²) in [4.78, 5) is 35.8. The molecule has 0 aromatic heterocycles. The van der Waals surface area contributed by atoms with Crippen LogP contribution >= 0.6 is 11.6 Å². The molecule has 0 spiro atoms. The third kappa shape index (κ3) is 9.58. The number of likely N-dealkylation sites (tertiary alicyclic amines) is 1. The summed E-state index contributed by atoms with van der Waals surface area (Å²) in [6.07, 6.45) is 3.83. The van der Waals surface area contributed by atoms with Crippen LogP contribution in [0.2, 0.25) is 5.02 Å². The fraction of sp³-hybridized carbons (Fsp3) is 0.423. The van der Waals surface area contributed by atoms with E-state index in [2.05, 4.69) is 24.0 Å². The molecule has 0 unspecified atom stereocenters. The molecular formula is C26H33ClN2O6. The van der Waals surface area contributed by atoms with Crippen molar-refractivity contribution >= 4 is 29.4 Å². The maximum absolute atomic E-state index is 13.2. The van der Waals surface area contributed by atoms with E-state index in [0.29, 0.717) is 18.1 Å². The molecule has 1 amide bonds. The Hall–Kier alpha value is -3.10. The van der Waals surface area contributed by atoms with Crippen LogP contribution in [0.4, 0.5) is 0 Å². The Labute approximate surface area is 210 Å². The largest absolute Gasteiger partial charge is 0.508 e. The van der Waals surface area contributed by atoms with Gasteiger partial charge in [-0.25, -0.2) is 9.59 Å². The molecule has 1 saturated heterocycles. The lowest BCUT2D eigenvalue weighted by Crippen LogP contribution is -2.42. The highest BCUT2D eigenvalue weighted by atomic mass is 35.5. The summed E-state index contributed by atoms with van der Waals surface area (Å²) in [6, 6.07) is 15.4. The number of halogens is 1. The summed E-state index contributed by atoms with van der Waals surface area (Å²) >= 11 is 6.06. The number of phenols is 1. The molecule has 0 radical (unpaired) electrons. The lowest BCUT2D eigenvalue weighted by Gasteiger charge is -2.34. The quantitative estimate of drug-likeness (QED) is 0.460. The molecule has 1 heterocycles. The summed E-state index contributed by atoms with van der Waals surface area (Å²) in [5, 5.41) is 25.5. The summed E-state index contributed by atoms with van der Waals surface area (Å²) in [5.74, 6) is -3.00. The van der Waals surface area contributed by atoms with E-state index in [1.165, 1.54) is 5.56 Å². The molecule has 3 rings (SSSR count). The number of aromatic hydroxyl groups is 1. The molecule has 0 aliphatic carbocycles. The Kier molecular flexibility index (Phi) is 11.5. The van der Waals surface area contributed by atoms with Gasteiger partial charge in [-0.2, -0.15) is 0 Å². The Bertz CT molecular complexity index is 965. The topological polar surface area (TPSA) is 118 Å². The van der Waals surface area contributed by atoms with Crippen LogP contribution in [-0.2, 0) is 27.5 Å². The molecule has 8 nitrogen and oxygen atoms in total. The predicted molar refractivity (Wildman–Crippen MR) is 133 cm³/mol. The molecule has 190 valence electrons. The van der Waals surface area contributed by atoms with Crippen molar-refractivity contribution in [2.75, 3.05) is 19.6 Å². The maximum Gasteiger partial charge on any atom is 0.414 e. The lowest BCUT2D eigenvalue weighted by atomic mass is 9.94. The zero-order valence-corrected chi connectivity index (χ0v) is 20.7. The molecule has 0 bridgehead atoms. The number of carbonyl (C=O) groups is 3. The minimum Gasteiger partial charge on any atom is -0.508 e. The Morgan fingerprint density at radius 1 is 1.03 bits per heavy atom. The summed E-state index contributed by atoms with van der Waals surface area (Å²) < 4.78 is 0. The number of rotatable bonds is 8. The van der Waals surface area contributed by atoms with Gasteiger partial charge in [-0.05, 0) is 56.1 Å². The van der Waals surface area contributed by atoms with Crippen molar-refractivity contribution in [3.63, 3.8) is 0 Å². The Morgan fingerprint density at radius 2 is 1.66 bits per heavy atom. The molecule has 1 aliphatic heterocycles. The average Bonchev–Trinajstić information content (AvgIpc) is 2.85. The Morgan fingerprint density at radius 3 is 2.23 bits per heavy atom. The highest BCUT2D eigenvalue weighted by Gasteiger charge is 2.28. The van der Waals surface area contributed by atoms with E-state index in [9.17, 15) is 9.90 Å². The number of amides is 1. The SMILES string of the molecule is CCCCN(Cc1ccccc1)C(=O)C1CCN(Cc2cc(Cl)ccc2O)CC1.O=C(O)C(=O)O. The first kappa shape index (κ1) is 28.1. The van der Waals surface area contributed by atoms with Crippen molar-refractivity contribution in [2.24, 2.45) is 5.92 Å². The normalized spacial score (nSPS) is 14.0. The van der Waals surface area contributed by atoms with Gasteiger partial charge < -0.3 is 20.2 Å². The van der Waals surface area contributed by atoms with Crippen LogP contribution in [0.5, 0.6) is 5.75 Å². The number of hydrogen-bond acceptors (Lipinski definition) is 5. The van der Waals surface area contributed by atoms with Gasteiger partial charge in [0.15, 0.2) is 0 Å². The minimum atomic E-state index is -1.82. The van der Waals surface area contributed by atoms with E-state index in [1.807, 2.05) is 29.2 Å². The number of aliphatic carboxylic acids is 2. The van der Waals surface area contributed by atoms with Gasteiger partial charge in [-0.1, -0.05) is 55.3 Å². The average molecular weight is 505 g/mol. The number of nitrogens with zero attached hydrogens (tertiary/aromatic N) is 2. The number of carboxylic acids is 2. The zero-order valence-electron chi connectivity index (χ0n) is 19.9. The molecule has 35 heavy (non-hydrogen) atoms. The van der Waals surface area contributed by atoms with Crippen molar-refractivity contribution in [3.05, 3.63) is 64.7 Å². The first-order valence-corrected chi connectivity index (χ1v) is 12.1. The second kappa shape index (κ2) is 14.3. The molecule has 1 aliphatic rings. The number of unbranched alkanes of at least 4 members (excludes halogenated alkanes) is 1. The van der Waals surface area contributed by atoms with Crippen LogP contribution in [0.3, 0.4) is 0 Å². The zero-order chi connectivity index (χ0) is 25.8. The van der Waals surface area contributed by atoms with Gasteiger partial charge in [0.05, 0.1) is 0 Å². The standard InChI is InChI=1S/C24H31ClN2O2.C2H2O4/c1-2-3-13-27(17-19-7-5-4-6-8-19)24(29)20-11-14-26(15-12-20)18-21-16-22(25)9-10-23(21)28;3-1(4)2(5)6/h4-10,16,20,28H,2-3,11-15,17-18H2,1H3;(H,3,4)(H,5,6). The van der Waals surface area contributed by atoms with Crippen molar-refractivity contribution in [3.8, 4) is 5.75 Å². The highest BCUT2D eigenvalue weighted by Crippen LogP contribution is 2.26. The molecule has 0 atom stereocenters. The van der Waals surface area contributed by atoms with Gasteiger partial charge in [-0.15, -0.1) is 0 Å². The number of carbonyl (C=O) groups excluding carboxylic acids is 1. The van der Waals surface area contributed by atoms with Gasteiger partial charge in [0, 0.05) is 36.1 Å². The van der Waals surface area contributed by atoms with Gasteiger partial charge in [0.1, 0.15) is 5.75 Å². The summed E-state index contributed by atoms with van der Waals surface area (Å²) in [5.41, 5.74) is 2.03. The van der Waals surface area contributed by atoms with E-state index < -0.39 is 11.9 Å². The van der Waals surface area contributed by atoms with Crippen LogP contribution in [0.25, 0.3) is 0 Å². The van der Waals surface area contributed by atoms with Gasteiger partial charge in [0.2, 0.25) is 5.91 Å². The third-order valence-corrected chi connectivity index (χ3v) is 6.10. The maximum atomic E-state index is 13.2. The van der Waals surface area contributed by atoms with Gasteiger partial charge in [0.25, 0.3) is 0 Å². The highest BCUT2D eigenvalue weighted by molar-refractivity contribution is 6.30. The number of phenolic OH excluding ortho intramolecular Hbond substituents is 1. The molecule has 2 aromatic rings. The van der Waals surface area contributed by atoms with Crippen LogP contribution in [-0.4, -0.2) is 62.6 Å². The van der Waals surface area contributed by atoms with E-state index in [4.69, 9.17) is 31.4 Å². The van der Waals surface area contributed by atoms with Gasteiger partial charge in [-0.3, -0.25) is 9.69 Å². The van der Waals surface area contributed by atoms with Crippen molar-refractivity contribution < 1.29 is 29.7 Å². The smallest absolute Gasteiger partial charge is 0.414 e. The first-order chi connectivity index (χ1) is 16.7. The van der Waals surface area contributed by atoms with Crippen LogP contribution in [0.15, 0.2) is 48.5 Å². The monoisotopic (exact) mass is 504 g/mol. The first-order valence-electron chi connectivity index (χ1n) is 11.7. The third-order valence-electron chi connectivity index (χ3n) is 5.86. The molecule has 1 fully saturated rings. The van der Waals surface area contributed by atoms with Crippen molar-refractivity contribution in [2.45, 2.75) is 45.7 Å². The van der Waals surface area contributed by atoms with Crippen molar-refractivity contribution in [1.29, 1.82) is 0 Å². The van der Waals surface area contributed by atoms with Crippen LogP contribution in [0.1, 0.15) is 43.7 Å². The van der Waals surface area contributed by atoms with E-state index in [1.54, 1.807) is 12.1 Å². The molecule has 2 aromatic carbocycles. The number of benzene rings is 2. The second-order valence-corrected chi connectivity index (χ2v) is 8.97. The summed E-state index contributed by atoms with van der Waals surface area (Å²) in [7, 11) is 0. The molecule has 0 saturated carbocycles. The Balaban J connectivity index is 0.000000641. The molecule has 3 N–H and O–H groups in total. The lowest BCUT2D eigenvalue weighted by molar-refractivity contribution is -0.159. The van der Waals surface area contributed by atoms with E-state index >= 15 is 0 Å². The van der Waals surface area contributed by atoms with Crippen LogP contribution in [0, 0.1) is 5.92 Å².